The number of rotatable bonds is 6. The lowest BCUT2D eigenvalue weighted by molar-refractivity contribution is -0.383. The van der Waals surface area contributed by atoms with Crippen LogP contribution in [-0.4, -0.2) is 52.8 Å². The molecule has 34 heavy (non-hydrogen) atoms. The highest BCUT2D eigenvalue weighted by Gasteiger charge is 2.29. The summed E-state index contributed by atoms with van der Waals surface area (Å²) < 4.78 is 10.8. The molecule has 3 heterocycles. The highest BCUT2D eigenvalue weighted by atomic mass is 35.5. The van der Waals surface area contributed by atoms with Crippen LogP contribution in [0.15, 0.2) is 42.7 Å². The van der Waals surface area contributed by atoms with Crippen molar-refractivity contribution in [1.29, 1.82) is 0 Å². The molecule has 10 nitrogen and oxygen atoms in total. The van der Waals surface area contributed by atoms with E-state index in [1.54, 1.807) is 6.07 Å². The number of nitro groups is 1. The van der Waals surface area contributed by atoms with Crippen molar-refractivity contribution >= 4 is 34.6 Å². The molecule has 0 spiro atoms. The van der Waals surface area contributed by atoms with Crippen molar-refractivity contribution in [2.75, 3.05) is 43.2 Å². The fraction of sp³-hybridized carbons (Fsp3) is 0.304. The summed E-state index contributed by atoms with van der Waals surface area (Å²) in [6, 6.07) is 11.3. The number of nitrogens with one attached hydrogen (secondary N) is 1. The molecule has 1 aromatic heterocycles. The maximum Gasteiger partial charge on any atom is 0.353 e. The van der Waals surface area contributed by atoms with Crippen LogP contribution in [0.3, 0.4) is 0 Å². The second-order valence-corrected chi connectivity index (χ2v) is 8.60. The molecule has 0 aliphatic carbocycles. The molecule has 0 amide bonds. The van der Waals surface area contributed by atoms with E-state index in [0.29, 0.717) is 29.6 Å². The summed E-state index contributed by atoms with van der Waals surface area (Å²) in [6.45, 7) is 5.61. The van der Waals surface area contributed by atoms with Gasteiger partial charge in [0.15, 0.2) is 11.5 Å². The number of anilines is 3. The first-order chi connectivity index (χ1) is 16.5. The quantitative estimate of drug-likeness (QED) is 0.409. The van der Waals surface area contributed by atoms with Crippen LogP contribution in [0.2, 0.25) is 5.02 Å². The summed E-state index contributed by atoms with van der Waals surface area (Å²) in [5.41, 5.74) is 2.53. The average molecular weight is 483 g/mol. The van der Waals surface area contributed by atoms with Crippen LogP contribution in [0.4, 0.5) is 23.0 Å². The third-order valence-electron chi connectivity index (χ3n) is 5.94. The van der Waals surface area contributed by atoms with Crippen LogP contribution in [0, 0.1) is 17.0 Å². The topological polar surface area (TPSA) is 106 Å². The minimum Gasteiger partial charge on any atom is -0.454 e. The van der Waals surface area contributed by atoms with E-state index < -0.39 is 4.92 Å². The van der Waals surface area contributed by atoms with E-state index in [4.69, 9.17) is 21.1 Å². The molecule has 11 heteroatoms. The number of benzene rings is 2. The molecule has 3 aromatic rings. The molecule has 5 rings (SSSR count). The van der Waals surface area contributed by atoms with E-state index in [1.165, 1.54) is 6.33 Å². The van der Waals surface area contributed by atoms with Gasteiger partial charge in [-0.2, -0.15) is 0 Å². The molecule has 0 saturated carbocycles. The van der Waals surface area contributed by atoms with E-state index in [0.717, 1.165) is 42.3 Å². The molecule has 0 bridgehead atoms. The molecule has 1 saturated heterocycles. The number of hydrogen-bond donors (Lipinski definition) is 1. The Morgan fingerprint density at radius 1 is 1.09 bits per heavy atom. The molecule has 2 aromatic carbocycles. The second-order valence-electron chi connectivity index (χ2n) is 8.19. The fourth-order valence-electron chi connectivity index (χ4n) is 4.08. The Labute approximate surface area is 201 Å². The highest BCUT2D eigenvalue weighted by molar-refractivity contribution is 6.31. The van der Waals surface area contributed by atoms with Crippen molar-refractivity contribution in [2.24, 2.45) is 0 Å². The fourth-order valence-corrected chi connectivity index (χ4v) is 4.26. The van der Waals surface area contributed by atoms with Gasteiger partial charge >= 0.3 is 5.69 Å². The third-order valence-corrected chi connectivity index (χ3v) is 6.34. The number of nitrogens with zero attached hydrogens (tertiary/aromatic N) is 5. The number of hydrogen-bond acceptors (Lipinski definition) is 9. The number of aryl methyl sites for hydroxylation is 1. The lowest BCUT2D eigenvalue weighted by Crippen LogP contribution is -2.46. The molecule has 1 N–H and O–H groups in total. The number of fused-ring (bicyclic) bond motifs is 1. The van der Waals surface area contributed by atoms with Gasteiger partial charge in [0, 0.05) is 43.4 Å². The van der Waals surface area contributed by atoms with Gasteiger partial charge in [0.1, 0.15) is 6.33 Å². The first kappa shape index (κ1) is 22.2. The predicted molar refractivity (Wildman–Crippen MR) is 128 cm³/mol. The van der Waals surface area contributed by atoms with Crippen LogP contribution in [0.25, 0.3) is 0 Å². The Morgan fingerprint density at radius 2 is 1.88 bits per heavy atom. The summed E-state index contributed by atoms with van der Waals surface area (Å²) in [5, 5.41) is 15.6. The zero-order chi connectivity index (χ0) is 23.7. The molecule has 0 atom stereocenters. The zero-order valence-electron chi connectivity index (χ0n) is 18.5. The smallest absolute Gasteiger partial charge is 0.353 e. The van der Waals surface area contributed by atoms with Gasteiger partial charge in [-0.25, -0.2) is 9.97 Å². The molecule has 2 aliphatic rings. The Hall–Kier alpha value is -3.63. The monoisotopic (exact) mass is 482 g/mol. The van der Waals surface area contributed by atoms with Crippen LogP contribution < -0.4 is 19.7 Å². The molecular formula is C23H23ClN6O4. The minimum absolute atomic E-state index is 0.137. The van der Waals surface area contributed by atoms with Crippen LogP contribution >= 0.6 is 11.6 Å². The van der Waals surface area contributed by atoms with E-state index in [1.807, 2.05) is 42.2 Å². The van der Waals surface area contributed by atoms with Crippen molar-refractivity contribution in [2.45, 2.75) is 13.5 Å². The number of ether oxygens (including phenoxy) is 2. The van der Waals surface area contributed by atoms with Gasteiger partial charge in [-0.3, -0.25) is 15.0 Å². The average Bonchev–Trinajstić information content (AvgIpc) is 3.30. The van der Waals surface area contributed by atoms with Gasteiger partial charge in [0.25, 0.3) is 0 Å². The first-order valence-electron chi connectivity index (χ1n) is 10.9. The van der Waals surface area contributed by atoms with Crippen molar-refractivity contribution < 1.29 is 14.4 Å². The summed E-state index contributed by atoms with van der Waals surface area (Å²) in [4.78, 5) is 24.2. The molecule has 0 unspecified atom stereocenters. The maximum atomic E-state index is 12.0. The normalized spacial score (nSPS) is 15.4. The van der Waals surface area contributed by atoms with E-state index >= 15 is 0 Å². The lowest BCUT2D eigenvalue weighted by atomic mass is 10.1. The van der Waals surface area contributed by atoms with Crippen molar-refractivity contribution in [3.05, 3.63) is 69.0 Å². The van der Waals surface area contributed by atoms with E-state index in [-0.39, 0.29) is 18.3 Å². The molecule has 1 fully saturated rings. The Bertz CT molecular complexity index is 1230. The summed E-state index contributed by atoms with van der Waals surface area (Å²) in [5.74, 6) is 1.98. The molecular weight excluding hydrogens is 460 g/mol. The van der Waals surface area contributed by atoms with Crippen LogP contribution in [0.1, 0.15) is 11.1 Å². The standard InChI is InChI=1S/C23H23ClN6O4/c1-15-2-4-17(11-18(15)24)27-22-21(30(31)32)23(26-13-25-22)29-8-6-28(7-9-29)12-16-3-5-19-20(10-16)34-14-33-19/h2-5,10-11,13H,6-9,12,14H2,1H3,(H,25,26,27). The Morgan fingerprint density at radius 3 is 2.65 bits per heavy atom. The van der Waals surface area contributed by atoms with Crippen molar-refractivity contribution in [3.63, 3.8) is 0 Å². The van der Waals surface area contributed by atoms with E-state index in [9.17, 15) is 10.1 Å². The highest BCUT2D eigenvalue weighted by Crippen LogP contribution is 2.35. The zero-order valence-corrected chi connectivity index (χ0v) is 19.3. The molecule has 0 radical (unpaired) electrons. The SMILES string of the molecule is Cc1ccc(Nc2ncnc(N3CCN(Cc4ccc5c(c4)OCO5)CC3)c2[N+](=O)[O-])cc1Cl. The predicted octanol–water partition coefficient (Wildman–Crippen LogP) is 4.14. The Kier molecular flexibility index (Phi) is 6.08. The maximum absolute atomic E-state index is 12.0. The largest absolute Gasteiger partial charge is 0.454 e. The summed E-state index contributed by atoms with van der Waals surface area (Å²) >= 11 is 6.20. The number of aromatic nitrogens is 2. The van der Waals surface area contributed by atoms with Gasteiger partial charge in [-0.15, -0.1) is 0 Å². The van der Waals surface area contributed by atoms with Gasteiger partial charge in [-0.1, -0.05) is 23.7 Å². The van der Waals surface area contributed by atoms with Crippen molar-refractivity contribution in [1.82, 2.24) is 14.9 Å². The first-order valence-corrected chi connectivity index (χ1v) is 11.2. The lowest BCUT2D eigenvalue weighted by Gasteiger charge is -2.35. The van der Waals surface area contributed by atoms with Crippen molar-refractivity contribution in [3.8, 4) is 11.5 Å². The number of halogens is 1. The van der Waals surface area contributed by atoms with E-state index in [2.05, 4.69) is 20.2 Å². The second kappa shape index (κ2) is 9.32. The molecule has 176 valence electrons. The van der Waals surface area contributed by atoms with Gasteiger partial charge in [0.2, 0.25) is 18.4 Å². The molecule has 2 aliphatic heterocycles. The third kappa shape index (κ3) is 4.55. The van der Waals surface area contributed by atoms with Crippen LogP contribution in [0.5, 0.6) is 11.5 Å². The summed E-state index contributed by atoms with van der Waals surface area (Å²) in [7, 11) is 0. The van der Waals surface area contributed by atoms with Gasteiger partial charge in [0.05, 0.1) is 4.92 Å². The minimum atomic E-state index is -0.438. The van der Waals surface area contributed by atoms with Gasteiger partial charge in [-0.05, 0) is 42.3 Å². The van der Waals surface area contributed by atoms with Gasteiger partial charge < -0.3 is 19.7 Å². The van der Waals surface area contributed by atoms with Crippen LogP contribution in [-0.2, 0) is 6.54 Å². The number of piperazine rings is 1. The summed E-state index contributed by atoms with van der Waals surface area (Å²) in [6.07, 6.45) is 1.35. The Balaban J connectivity index is 1.29.